The fourth-order valence-electron chi connectivity index (χ4n) is 4.75. The Morgan fingerprint density at radius 3 is 2.39 bits per heavy atom. The van der Waals surface area contributed by atoms with Crippen LogP contribution in [0.5, 0.6) is 5.75 Å². The zero-order chi connectivity index (χ0) is 25.7. The zero-order valence-electron chi connectivity index (χ0n) is 22.1. The first-order chi connectivity index (χ1) is 17.3. The lowest BCUT2D eigenvalue weighted by molar-refractivity contribution is 0.0526. The van der Waals surface area contributed by atoms with Crippen LogP contribution in [0.3, 0.4) is 0 Å². The first-order valence-electron chi connectivity index (χ1n) is 12.9. The first kappa shape index (κ1) is 25.6. The molecule has 0 aromatic heterocycles. The van der Waals surface area contributed by atoms with Crippen LogP contribution in [-0.4, -0.2) is 19.1 Å². The Labute approximate surface area is 215 Å². The molecule has 0 unspecified atom stereocenters. The van der Waals surface area contributed by atoms with Gasteiger partial charge in [-0.1, -0.05) is 57.2 Å². The van der Waals surface area contributed by atoms with Crippen LogP contribution in [0.1, 0.15) is 74.5 Å². The highest BCUT2D eigenvalue weighted by Crippen LogP contribution is 2.45. The normalized spacial score (nSPS) is 14.0. The number of carbonyl (C=O) groups excluding carboxylic acids is 1. The molecule has 1 aliphatic rings. The fourth-order valence-corrected chi connectivity index (χ4v) is 4.75. The van der Waals surface area contributed by atoms with Crippen molar-refractivity contribution in [3.8, 4) is 5.75 Å². The molecule has 0 N–H and O–H groups in total. The molecule has 4 rings (SSSR count). The lowest BCUT2D eigenvalue weighted by Crippen LogP contribution is -2.24. The Kier molecular flexibility index (Phi) is 7.83. The molecule has 0 saturated heterocycles. The molecular formula is C32H37NO3. The number of hydrogen-bond donors (Lipinski definition) is 0. The van der Waals surface area contributed by atoms with E-state index in [-0.39, 0.29) is 11.4 Å². The second-order valence-electron chi connectivity index (χ2n) is 10.0. The molecule has 0 bridgehead atoms. The van der Waals surface area contributed by atoms with Gasteiger partial charge in [0.05, 0.1) is 17.9 Å². The molecule has 0 fully saturated rings. The van der Waals surface area contributed by atoms with Gasteiger partial charge in [-0.2, -0.15) is 0 Å². The standard InChI is InChI=1S/C32H37NO3/c1-6-19-33(26-15-13-25(14-16-26)31(34)35-7-2)29-20-27-23(3)17-18-32(4,5)28(27)21-30(29)36-22-24-11-9-8-10-12-24/h8-17,20-21H,6-7,18-19,22H2,1-5H3. The molecule has 0 aliphatic heterocycles. The average Bonchev–Trinajstić information content (AvgIpc) is 2.89. The van der Waals surface area contributed by atoms with Crippen LogP contribution in [0.4, 0.5) is 11.4 Å². The summed E-state index contributed by atoms with van der Waals surface area (Å²) in [5.41, 5.74) is 7.69. The third-order valence-corrected chi connectivity index (χ3v) is 6.84. The lowest BCUT2D eigenvalue weighted by Gasteiger charge is -2.34. The molecule has 0 atom stereocenters. The molecule has 0 heterocycles. The van der Waals surface area contributed by atoms with Crippen LogP contribution in [0, 0.1) is 0 Å². The third kappa shape index (κ3) is 5.48. The molecule has 0 amide bonds. The minimum absolute atomic E-state index is 0.0368. The number of rotatable bonds is 9. The highest BCUT2D eigenvalue weighted by atomic mass is 16.5. The maximum Gasteiger partial charge on any atom is 0.338 e. The van der Waals surface area contributed by atoms with E-state index >= 15 is 0 Å². The average molecular weight is 484 g/mol. The molecule has 0 radical (unpaired) electrons. The van der Waals surface area contributed by atoms with Crippen molar-refractivity contribution >= 4 is 22.9 Å². The molecule has 36 heavy (non-hydrogen) atoms. The predicted octanol–water partition coefficient (Wildman–Crippen LogP) is 8.08. The van der Waals surface area contributed by atoms with E-state index in [4.69, 9.17) is 9.47 Å². The van der Waals surface area contributed by atoms with Crippen LogP contribution < -0.4 is 9.64 Å². The summed E-state index contributed by atoms with van der Waals surface area (Å²) in [5, 5.41) is 0. The molecule has 3 aromatic rings. The van der Waals surface area contributed by atoms with E-state index in [0.717, 1.165) is 42.1 Å². The maximum absolute atomic E-state index is 12.2. The van der Waals surface area contributed by atoms with Gasteiger partial charge in [0.15, 0.2) is 0 Å². The van der Waals surface area contributed by atoms with Gasteiger partial charge in [-0.25, -0.2) is 4.79 Å². The molecule has 3 aromatic carbocycles. The second-order valence-corrected chi connectivity index (χ2v) is 10.0. The smallest absolute Gasteiger partial charge is 0.338 e. The summed E-state index contributed by atoms with van der Waals surface area (Å²) < 4.78 is 11.7. The highest BCUT2D eigenvalue weighted by Gasteiger charge is 2.30. The van der Waals surface area contributed by atoms with Gasteiger partial charge in [-0.15, -0.1) is 0 Å². The van der Waals surface area contributed by atoms with Gasteiger partial charge >= 0.3 is 5.97 Å². The quantitative estimate of drug-likeness (QED) is 0.288. The molecule has 0 spiro atoms. The van der Waals surface area contributed by atoms with Crippen molar-refractivity contribution in [3.05, 3.63) is 95.1 Å². The van der Waals surface area contributed by atoms with Crippen LogP contribution in [0.25, 0.3) is 5.57 Å². The Bertz CT molecular complexity index is 1230. The van der Waals surface area contributed by atoms with Crippen molar-refractivity contribution in [2.45, 2.75) is 59.5 Å². The van der Waals surface area contributed by atoms with Crippen molar-refractivity contribution in [3.63, 3.8) is 0 Å². The van der Waals surface area contributed by atoms with E-state index in [1.165, 1.54) is 16.7 Å². The number of esters is 1. The summed E-state index contributed by atoms with van der Waals surface area (Å²) in [4.78, 5) is 14.5. The topological polar surface area (TPSA) is 38.8 Å². The Morgan fingerprint density at radius 1 is 1.00 bits per heavy atom. The lowest BCUT2D eigenvalue weighted by atomic mass is 9.73. The number of fused-ring (bicyclic) bond motifs is 1. The molecule has 4 nitrogen and oxygen atoms in total. The maximum atomic E-state index is 12.2. The van der Waals surface area contributed by atoms with Gasteiger partial charge in [0, 0.05) is 12.2 Å². The van der Waals surface area contributed by atoms with Crippen LogP contribution in [0.2, 0.25) is 0 Å². The summed E-state index contributed by atoms with van der Waals surface area (Å²) in [5.74, 6) is 0.582. The van der Waals surface area contributed by atoms with Crippen LogP contribution >= 0.6 is 0 Å². The van der Waals surface area contributed by atoms with Gasteiger partial charge < -0.3 is 14.4 Å². The van der Waals surface area contributed by atoms with Gasteiger partial charge in [0.1, 0.15) is 12.4 Å². The summed E-state index contributed by atoms with van der Waals surface area (Å²) in [6.45, 7) is 12.5. The monoisotopic (exact) mass is 483 g/mol. The third-order valence-electron chi connectivity index (χ3n) is 6.84. The van der Waals surface area contributed by atoms with E-state index in [2.05, 4.69) is 62.9 Å². The SMILES string of the molecule is CCCN(c1ccc(C(=O)OCC)cc1)c1cc2c(cc1OCc1ccccc1)C(C)(C)CC=C2C. The van der Waals surface area contributed by atoms with E-state index in [9.17, 15) is 4.79 Å². The molecule has 0 saturated carbocycles. The molecule has 4 heteroatoms. The van der Waals surface area contributed by atoms with E-state index in [1.54, 1.807) is 0 Å². The number of hydrogen-bond acceptors (Lipinski definition) is 4. The second kappa shape index (κ2) is 11.0. The van der Waals surface area contributed by atoms with E-state index < -0.39 is 0 Å². The highest BCUT2D eigenvalue weighted by molar-refractivity contribution is 5.90. The van der Waals surface area contributed by atoms with E-state index in [0.29, 0.717) is 18.8 Å². The van der Waals surface area contributed by atoms with Gasteiger partial charge in [-0.3, -0.25) is 0 Å². The largest absolute Gasteiger partial charge is 0.487 e. The number of ether oxygens (including phenoxy) is 2. The van der Waals surface area contributed by atoms with Gasteiger partial charge in [-0.05, 0) is 90.8 Å². The number of benzene rings is 3. The van der Waals surface area contributed by atoms with Gasteiger partial charge in [0.25, 0.3) is 0 Å². The molecule has 188 valence electrons. The van der Waals surface area contributed by atoms with Crippen molar-refractivity contribution in [2.24, 2.45) is 0 Å². The molecular weight excluding hydrogens is 446 g/mol. The Balaban J connectivity index is 1.79. The summed E-state index contributed by atoms with van der Waals surface area (Å²) in [6, 6.07) is 22.5. The minimum atomic E-state index is -0.297. The van der Waals surface area contributed by atoms with Gasteiger partial charge in [0.2, 0.25) is 0 Å². The summed E-state index contributed by atoms with van der Waals surface area (Å²) in [6.07, 6.45) is 4.32. The predicted molar refractivity (Wildman–Crippen MR) is 148 cm³/mol. The number of anilines is 2. The Hall–Kier alpha value is -3.53. The number of allylic oxidation sites excluding steroid dienone is 2. The minimum Gasteiger partial charge on any atom is -0.487 e. The van der Waals surface area contributed by atoms with Crippen molar-refractivity contribution in [1.82, 2.24) is 0 Å². The van der Waals surface area contributed by atoms with Crippen molar-refractivity contribution < 1.29 is 14.3 Å². The van der Waals surface area contributed by atoms with Crippen molar-refractivity contribution in [2.75, 3.05) is 18.1 Å². The van der Waals surface area contributed by atoms with Crippen LogP contribution in [-0.2, 0) is 16.8 Å². The van der Waals surface area contributed by atoms with Crippen molar-refractivity contribution in [1.29, 1.82) is 0 Å². The number of nitrogens with zero attached hydrogens (tertiary/aromatic N) is 1. The summed E-state index contributed by atoms with van der Waals surface area (Å²) >= 11 is 0. The fraction of sp³-hybridized carbons (Fsp3) is 0.344. The van der Waals surface area contributed by atoms with E-state index in [1.807, 2.05) is 49.4 Å². The first-order valence-corrected chi connectivity index (χ1v) is 12.9. The Morgan fingerprint density at radius 2 is 1.72 bits per heavy atom. The summed E-state index contributed by atoms with van der Waals surface area (Å²) in [7, 11) is 0. The number of carbonyl (C=O) groups is 1. The molecule has 1 aliphatic carbocycles. The zero-order valence-corrected chi connectivity index (χ0v) is 22.1. The van der Waals surface area contributed by atoms with Crippen LogP contribution in [0.15, 0.2) is 72.8 Å².